The molecule has 3 aliphatic carbocycles. The summed E-state index contributed by atoms with van der Waals surface area (Å²) in [5.74, 6) is 1.50. The molecule has 2 nitrogen and oxygen atoms in total. The SMILES string of the molecule is C[C@@]1(c2ccccc2)OC(=O)[C@@H]2[C@@H]1[C@@H]1CCCCC1=C1CCCC[C@@H]12. The molecule has 1 aromatic carbocycles. The molecule has 0 spiro atoms. The highest BCUT2D eigenvalue weighted by atomic mass is 16.6. The summed E-state index contributed by atoms with van der Waals surface area (Å²) in [5.41, 5.74) is 4.13. The lowest BCUT2D eigenvalue weighted by Crippen LogP contribution is -2.45. The average Bonchev–Trinajstić information content (AvgIpc) is 2.95. The van der Waals surface area contributed by atoms with E-state index in [0.717, 1.165) is 0 Å². The molecule has 1 heterocycles. The van der Waals surface area contributed by atoms with E-state index in [1.807, 2.05) is 6.07 Å². The molecule has 4 aliphatic rings. The van der Waals surface area contributed by atoms with Gasteiger partial charge in [0.1, 0.15) is 5.60 Å². The first-order valence-electron chi connectivity index (χ1n) is 10.2. The van der Waals surface area contributed by atoms with Crippen LogP contribution in [0.1, 0.15) is 63.9 Å². The normalized spacial score (nSPS) is 40.1. The molecule has 2 saturated carbocycles. The van der Waals surface area contributed by atoms with Crippen molar-refractivity contribution in [2.24, 2.45) is 23.7 Å². The molecule has 2 heteroatoms. The van der Waals surface area contributed by atoms with E-state index in [9.17, 15) is 4.79 Å². The molecule has 0 amide bonds. The van der Waals surface area contributed by atoms with Crippen LogP contribution in [0.25, 0.3) is 0 Å². The monoisotopic (exact) mass is 336 g/mol. The van der Waals surface area contributed by atoms with Gasteiger partial charge in [-0.05, 0) is 62.8 Å². The maximum atomic E-state index is 13.1. The van der Waals surface area contributed by atoms with Gasteiger partial charge in [-0.25, -0.2) is 0 Å². The Labute approximate surface area is 150 Å². The lowest BCUT2D eigenvalue weighted by molar-refractivity contribution is -0.151. The first-order chi connectivity index (χ1) is 12.2. The number of hydrogen-bond acceptors (Lipinski definition) is 2. The van der Waals surface area contributed by atoms with Crippen LogP contribution in [0.3, 0.4) is 0 Å². The third-order valence-corrected chi connectivity index (χ3v) is 7.55. The molecule has 0 aromatic heterocycles. The van der Waals surface area contributed by atoms with Crippen LogP contribution >= 0.6 is 0 Å². The van der Waals surface area contributed by atoms with Gasteiger partial charge in [-0.3, -0.25) is 4.79 Å². The minimum atomic E-state index is -0.459. The Morgan fingerprint density at radius 1 is 0.920 bits per heavy atom. The van der Waals surface area contributed by atoms with Crippen molar-refractivity contribution in [3.63, 3.8) is 0 Å². The molecule has 3 fully saturated rings. The van der Waals surface area contributed by atoms with Crippen molar-refractivity contribution in [1.29, 1.82) is 0 Å². The van der Waals surface area contributed by atoms with Crippen molar-refractivity contribution in [2.75, 3.05) is 0 Å². The van der Waals surface area contributed by atoms with E-state index in [1.165, 1.54) is 56.9 Å². The second kappa shape index (κ2) is 5.72. The van der Waals surface area contributed by atoms with Gasteiger partial charge in [0.15, 0.2) is 0 Å². The molecular formula is C23H28O2. The number of carbonyl (C=O) groups is 1. The zero-order valence-corrected chi connectivity index (χ0v) is 15.2. The molecule has 0 bridgehead atoms. The lowest BCUT2D eigenvalue weighted by atomic mass is 9.54. The number of cyclic esters (lactones) is 1. The van der Waals surface area contributed by atoms with Gasteiger partial charge in [-0.2, -0.15) is 0 Å². The van der Waals surface area contributed by atoms with Gasteiger partial charge in [0.25, 0.3) is 0 Å². The van der Waals surface area contributed by atoms with Gasteiger partial charge in [0.05, 0.1) is 5.92 Å². The Morgan fingerprint density at radius 2 is 1.56 bits per heavy atom. The minimum Gasteiger partial charge on any atom is -0.454 e. The van der Waals surface area contributed by atoms with Gasteiger partial charge < -0.3 is 4.74 Å². The van der Waals surface area contributed by atoms with Gasteiger partial charge in [-0.1, -0.05) is 54.3 Å². The molecule has 132 valence electrons. The lowest BCUT2D eigenvalue weighted by Gasteiger charge is -2.48. The third kappa shape index (κ3) is 2.19. The quantitative estimate of drug-likeness (QED) is 0.508. The molecule has 1 aromatic rings. The third-order valence-electron chi connectivity index (χ3n) is 7.55. The number of carbonyl (C=O) groups excluding carboxylic acids is 1. The summed E-state index contributed by atoms with van der Waals surface area (Å²) >= 11 is 0. The fourth-order valence-electron chi connectivity index (χ4n) is 6.57. The molecule has 0 unspecified atom stereocenters. The summed E-state index contributed by atoms with van der Waals surface area (Å²) < 4.78 is 6.21. The molecular weight excluding hydrogens is 308 g/mol. The predicted octanol–water partition coefficient (Wildman–Crippen LogP) is 5.38. The second-order valence-corrected chi connectivity index (χ2v) is 8.70. The standard InChI is InChI=1S/C23H28O2/c1-23(15-9-3-2-4-10-15)21-19-14-8-6-12-17(19)16-11-5-7-13-18(16)20(21)22(24)25-23/h2-4,9-10,18-21H,5-8,11-14H2,1H3/t18-,19+,20-,21-,23-/m0/s1. The first-order valence-corrected chi connectivity index (χ1v) is 10.2. The Hall–Kier alpha value is -1.57. The molecule has 5 rings (SSSR count). The predicted molar refractivity (Wildman–Crippen MR) is 97.8 cm³/mol. The summed E-state index contributed by atoms with van der Waals surface area (Å²) in [6, 6.07) is 10.5. The fourth-order valence-corrected chi connectivity index (χ4v) is 6.57. The number of hydrogen-bond donors (Lipinski definition) is 0. The largest absolute Gasteiger partial charge is 0.454 e. The van der Waals surface area contributed by atoms with Gasteiger partial charge in [0, 0.05) is 5.92 Å². The topological polar surface area (TPSA) is 26.3 Å². The molecule has 5 atom stereocenters. The Kier molecular flexibility index (Phi) is 3.59. The maximum Gasteiger partial charge on any atom is 0.310 e. The van der Waals surface area contributed by atoms with Crippen molar-refractivity contribution in [3.05, 3.63) is 47.0 Å². The van der Waals surface area contributed by atoms with E-state index >= 15 is 0 Å². The number of ether oxygens (including phenoxy) is 1. The summed E-state index contributed by atoms with van der Waals surface area (Å²) in [6.45, 7) is 2.19. The van der Waals surface area contributed by atoms with E-state index in [2.05, 4.69) is 31.2 Å². The number of benzene rings is 1. The van der Waals surface area contributed by atoms with Gasteiger partial charge >= 0.3 is 5.97 Å². The van der Waals surface area contributed by atoms with E-state index in [0.29, 0.717) is 17.8 Å². The molecule has 1 saturated heterocycles. The highest BCUT2D eigenvalue weighted by molar-refractivity contribution is 5.78. The zero-order chi connectivity index (χ0) is 17.0. The average molecular weight is 336 g/mol. The van der Waals surface area contributed by atoms with Crippen LogP contribution < -0.4 is 0 Å². The molecule has 25 heavy (non-hydrogen) atoms. The Bertz CT molecular complexity index is 719. The van der Waals surface area contributed by atoms with E-state index in [-0.39, 0.29) is 11.9 Å². The smallest absolute Gasteiger partial charge is 0.310 e. The summed E-state index contributed by atoms with van der Waals surface area (Å²) in [5, 5.41) is 0. The van der Waals surface area contributed by atoms with Crippen molar-refractivity contribution < 1.29 is 9.53 Å². The molecule has 0 N–H and O–H groups in total. The highest BCUT2D eigenvalue weighted by Gasteiger charge is 2.62. The van der Waals surface area contributed by atoms with Gasteiger partial charge in [-0.15, -0.1) is 0 Å². The van der Waals surface area contributed by atoms with E-state index in [4.69, 9.17) is 4.74 Å². The van der Waals surface area contributed by atoms with Crippen molar-refractivity contribution >= 4 is 5.97 Å². The van der Waals surface area contributed by atoms with Crippen LogP contribution in [-0.4, -0.2) is 5.97 Å². The van der Waals surface area contributed by atoms with Crippen LogP contribution in [-0.2, 0) is 15.1 Å². The second-order valence-electron chi connectivity index (χ2n) is 8.70. The number of allylic oxidation sites excluding steroid dienone is 2. The highest BCUT2D eigenvalue weighted by Crippen LogP contribution is 2.61. The maximum absolute atomic E-state index is 13.1. The Balaban J connectivity index is 1.66. The zero-order valence-electron chi connectivity index (χ0n) is 15.2. The Morgan fingerprint density at radius 3 is 2.28 bits per heavy atom. The van der Waals surface area contributed by atoms with Gasteiger partial charge in [0.2, 0.25) is 0 Å². The summed E-state index contributed by atoms with van der Waals surface area (Å²) in [7, 11) is 0. The van der Waals surface area contributed by atoms with Crippen LogP contribution in [0.15, 0.2) is 41.5 Å². The van der Waals surface area contributed by atoms with E-state index in [1.54, 1.807) is 11.1 Å². The fraction of sp³-hybridized carbons (Fsp3) is 0.609. The van der Waals surface area contributed by atoms with Crippen molar-refractivity contribution in [2.45, 2.75) is 63.9 Å². The van der Waals surface area contributed by atoms with Crippen LogP contribution in [0.2, 0.25) is 0 Å². The van der Waals surface area contributed by atoms with E-state index < -0.39 is 5.60 Å². The van der Waals surface area contributed by atoms with Crippen LogP contribution in [0, 0.1) is 23.7 Å². The number of rotatable bonds is 1. The summed E-state index contributed by atoms with van der Waals surface area (Å²) in [6.07, 6.45) is 10.1. The molecule has 1 aliphatic heterocycles. The van der Waals surface area contributed by atoms with Crippen molar-refractivity contribution in [3.8, 4) is 0 Å². The minimum absolute atomic E-state index is 0.0744. The first kappa shape index (κ1) is 15.7. The van der Waals surface area contributed by atoms with Crippen LogP contribution in [0.4, 0.5) is 0 Å². The number of esters is 1. The molecule has 0 radical (unpaired) electrons. The van der Waals surface area contributed by atoms with Crippen molar-refractivity contribution in [1.82, 2.24) is 0 Å². The summed E-state index contributed by atoms with van der Waals surface area (Å²) in [4.78, 5) is 13.1. The number of fused-ring (bicyclic) bond motifs is 5. The van der Waals surface area contributed by atoms with Crippen LogP contribution in [0.5, 0.6) is 0 Å².